The summed E-state index contributed by atoms with van der Waals surface area (Å²) in [6, 6.07) is 8.02. The van der Waals surface area contributed by atoms with E-state index in [0.29, 0.717) is 34.3 Å². The van der Waals surface area contributed by atoms with Gasteiger partial charge in [-0.1, -0.05) is 18.5 Å². The predicted octanol–water partition coefficient (Wildman–Crippen LogP) is 2.69. The SMILES string of the molecule is CCC(=O)c1ccc2c(c1)N(CC(=O)Nc1ccc(Cl)cn1)C(=O)CO2. The van der Waals surface area contributed by atoms with Gasteiger partial charge in [0.15, 0.2) is 12.4 Å². The first-order valence-electron chi connectivity index (χ1n) is 7.99. The lowest BCUT2D eigenvalue weighted by molar-refractivity contribution is -0.123. The van der Waals surface area contributed by atoms with Crippen LogP contribution in [-0.4, -0.2) is 35.7 Å². The van der Waals surface area contributed by atoms with Gasteiger partial charge in [0.2, 0.25) is 5.91 Å². The van der Waals surface area contributed by atoms with Crippen molar-refractivity contribution >= 4 is 40.7 Å². The molecule has 1 aliphatic rings. The molecule has 1 aliphatic heterocycles. The van der Waals surface area contributed by atoms with Gasteiger partial charge in [-0.2, -0.15) is 0 Å². The van der Waals surface area contributed by atoms with Gasteiger partial charge in [-0.05, 0) is 30.3 Å². The van der Waals surface area contributed by atoms with E-state index in [1.807, 2.05) is 0 Å². The highest BCUT2D eigenvalue weighted by molar-refractivity contribution is 6.30. The summed E-state index contributed by atoms with van der Waals surface area (Å²) in [5, 5.41) is 3.06. The van der Waals surface area contributed by atoms with E-state index in [0.717, 1.165) is 0 Å². The fourth-order valence-electron chi connectivity index (χ4n) is 2.53. The molecule has 7 nitrogen and oxygen atoms in total. The largest absolute Gasteiger partial charge is 0.482 e. The molecule has 2 amide bonds. The molecule has 1 aromatic heterocycles. The number of fused-ring (bicyclic) bond motifs is 1. The molecule has 2 heterocycles. The van der Waals surface area contributed by atoms with Crippen molar-refractivity contribution in [3.8, 4) is 5.75 Å². The van der Waals surface area contributed by atoms with Crippen molar-refractivity contribution in [3.05, 3.63) is 47.1 Å². The lowest BCUT2D eigenvalue weighted by Gasteiger charge is -2.29. The third kappa shape index (κ3) is 3.83. The molecular formula is C18H16ClN3O4. The van der Waals surface area contributed by atoms with E-state index in [1.54, 1.807) is 37.3 Å². The molecule has 0 aliphatic carbocycles. The number of hydrogen-bond donors (Lipinski definition) is 1. The number of benzene rings is 1. The minimum Gasteiger partial charge on any atom is -0.482 e. The summed E-state index contributed by atoms with van der Waals surface area (Å²) in [5.74, 6) is -0.0587. The molecule has 0 atom stereocenters. The second-order valence-corrected chi connectivity index (χ2v) is 6.07. The number of nitrogens with one attached hydrogen (secondary N) is 1. The summed E-state index contributed by atoms with van der Waals surface area (Å²) in [5.41, 5.74) is 0.870. The maximum absolute atomic E-state index is 12.3. The Balaban J connectivity index is 1.81. The number of pyridine rings is 1. The first-order valence-corrected chi connectivity index (χ1v) is 8.37. The van der Waals surface area contributed by atoms with Crippen LogP contribution in [-0.2, 0) is 9.59 Å². The third-order valence-electron chi connectivity index (χ3n) is 3.84. The van der Waals surface area contributed by atoms with E-state index in [1.165, 1.54) is 11.1 Å². The molecule has 1 N–H and O–H groups in total. The topological polar surface area (TPSA) is 88.6 Å². The van der Waals surface area contributed by atoms with Gasteiger partial charge in [-0.15, -0.1) is 0 Å². The normalized spacial score (nSPS) is 13.0. The van der Waals surface area contributed by atoms with Crippen molar-refractivity contribution in [2.75, 3.05) is 23.4 Å². The van der Waals surface area contributed by atoms with Crippen molar-refractivity contribution < 1.29 is 19.1 Å². The summed E-state index contributed by atoms with van der Waals surface area (Å²) in [6.07, 6.45) is 1.76. The zero-order valence-corrected chi connectivity index (χ0v) is 14.7. The minimum atomic E-state index is -0.423. The van der Waals surface area contributed by atoms with E-state index in [-0.39, 0.29) is 24.8 Å². The summed E-state index contributed by atoms with van der Waals surface area (Å²) < 4.78 is 5.39. The number of anilines is 2. The number of hydrogen-bond acceptors (Lipinski definition) is 5. The van der Waals surface area contributed by atoms with Crippen LogP contribution >= 0.6 is 11.6 Å². The highest BCUT2D eigenvalue weighted by atomic mass is 35.5. The van der Waals surface area contributed by atoms with Gasteiger partial charge in [0.25, 0.3) is 5.91 Å². The molecule has 26 heavy (non-hydrogen) atoms. The Morgan fingerprint density at radius 3 is 2.81 bits per heavy atom. The second kappa shape index (κ2) is 7.53. The Labute approximate surface area is 154 Å². The lowest BCUT2D eigenvalue weighted by atomic mass is 10.1. The summed E-state index contributed by atoms with van der Waals surface area (Å²) in [6.45, 7) is 1.37. The van der Waals surface area contributed by atoms with Crippen molar-refractivity contribution in [3.63, 3.8) is 0 Å². The van der Waals surface area contributed by atoms with E-state index in [4.69, 9.17) is 16.3 Å². The molecule has 3 rings (SSSR count). The zero-order valence-electron chi connectivity index (χ0n) is 14.0. The molecule has 0 spiro atoms. The molecule has 134 valence electrons. The standard InChI is InChI=1S/C18H16ClN3O4/c1-2-14(23)11-3-5-15-13(7-11)22(18(25)10-26-15)9-17(24)21-16-6-4-12(19)8-20-16/h3-8H,2,9-10H2,1H3,(H,20,21,24). The lowest BCUT2D eigenvalue weighted by Crippen LogP contribution is -2.43. The Bertz CT molecular complexity index is 867. The van der Waals surface area contributed by atoms with Crippen molar-refractivity contribution in [2.24, 2.45) is 0 Å². The first kappa shape index (κ1) is 17.9. The minimum absolute atomic E-state index is 0.0550. The first-order chi connectivity index (χ1) is 12.5. The van der Waals surface area contributed by atoms with Crippen LogP contribution in [0.3, 0.4) is 0 Å². The number of halogens is 1. The fourth-order valence-corrected chi connectivity index (χ4v) is 2.64. The van der Waals surface area contributed by atoms with Gasteiger partial charge in [0.05, 0.1) is 10.7 Å². The quantitative estimate of drug-likeness (QED) is 0.814. The molecule has 2 aromatic rings. The average Bonchev–Trinajstić information content (AvgIpc) is 2.65. The number of Topliss-reactive ketones (excluding diaryl/α,β-unsaturated/α-hetero) is 1. The Hall–Kier alpha value is -2.93. The number of carbonyl (C=O) groups excluding carboxylic acids is 3. The Morgan fingerprint density at radius 1 is 1.31 bits per heavy atom. The number of carbonyl (C=O) groups is 3. The molecule has 0 saturated heterocycles. The molecule has 0 radical (unpaired) electrons. The van der Waals surface area contributed by atoms with Crippen LogP contribution in [0.2, 0.25) is 5.02 Å². The third-order valence-corrected chi connectivity index (χ3v) is 4.07. The number of aromatic nitrogens is 1. The van der Waals surface area contributed by atoms with Crippen LogP contribution in [0.5, 0.6) is 5.75 Å². The smallest absolute Gasteiger partial charge is 0.265 e. The molecule has 0 unspecified atom stereocenters. The summed E-state index contributed by atoms with van der Waals surface area (Å²) in [4.78, 5) is 41.8. The van der Waals surface area contributed by atoms with Crippen LogP contribution in [0.15, 0.2) is 36.5 Å². The van der Waals surface area contributed by atoms with Gasteiger partial charge in [-0.25, -0.2) is 4.98 Å². The summed E-state index contributed by atoms with van der Waals surface area (Å²) in [7, 11) is 0. The van der Waals surface area contributed by atoms with E-state index < -0.39 is 5.91 Å². The number of rotatable bonds is 5. The summed E-state index contributed by atoms with van der Waals surface area (Å²) >= 11 is 5.76. The average molecular weight is 374 g/mol. The van der Waals surface area contributed by atoms with Crippen LogP contribution in [0, 0.1) is 0 Å². The highest BCUT2D eigenvalue weighted by Gasteiger charge is 2.28. The van der Waals surface area contributed by atoms with Crippen LogP contribution in [0.4, 0.5) is 11.5 Å². The predicted molar refractivity (Wildman–Crippen MR) is 96.8 cm³/mol. The Morgan fingerprint density at radius 2 is 2.12 bits per heavy atom. The van der Waals surface area contributed by atoms with E-state index in [2.05, 4.69) is 10.3 Å². The number of ether oxygens (including phenoxy) is 1. The maximum atomic E-state index is 12.3. The van der Waals surface area contributed by atoms with E-state index in [9.17, 15) is 14.4 Å². The van der Waals surface area contributed by atoms with Crippen LogP contribution in [0.1, 0.15) is 23.7 Å². The monoisotopic (exact) mass is 373 g/mol. The Kier molecular flexibility index (Phi) is 5.18. The zero-order chi connectivity index (χ0) is 18.7. The maximum Gasteiger partial charge on any atom is 0.265 e. The molecule has 1 aromatic carbocycles. The van der Waals surface area contributed by atoms with Crippen molar-refractivity contribution in [1.82, 2.24) is 4.98 Å². The molecule has 0 saturated carbocycles. The molecule has 0 fully saturated rings. The van der Waals surface area contributed by atoms with E-state index >= 15 is 0 Å². The molecular weight excluding hydrogens is 358 g/mol. The van der Waals surface area contributed by atoms with Crippen molar-refractivity contribution in [2.45, 2.75) is 13.3 Å². The van der Waals surface area contributed by atoms with Crippen LogP contribution in [0.25, 0.3) is 0 Å². The number of nitrogens with zero attached hydrogens (tertiary/aromatic N) is 2. The van der Waals surface area contributed by atoms with Crippen LogP contribution < -0.4 is 15.0 Å². The molecule has 0 bridgehead atoms. The fraction of sp³-hybridized carbons (Fsp3) is 0.222. The second-order valence-electron chi connectivity index (χ2n) is 5.64. The van der Waals surface area contributed by atoms with Gasteiger partial charge < -0.3 is 10.1 Å². The van der Waals surface area contributed by atoms with Crippen molar-refractivity contribution in [1.29, 1.82) is 0 Å². The van der Waals surface area contributed by atoms with Gasteiger partial charge in [-0.3, -0.25) is 19.3 Å². The highest BCUT2D eigenvalue weighted by Crippen LogP contribution is 2.33. The van der Waals surface area contributed by atoms with Gasteiger partial charge >= 0.3 is 0 Å². The van der Waals surface area contributed by atoms with Gasteiger partial charge in [0.1, 0.15) is 18.1 Å². The number of amides is 2. The molecule has 8 heteroatoms. The number of ketones is 1. The van der Waals surface area contributed by atoms with Gasteiger partial charge in [0, 0.05) is 18.2 Å².